The highest BCUT2D eigenvalue weighted by molar-refractivity contribution is 5.75. The van der Waals surface area contributed by atoms with Crippen molar-refractivity contribution >= 4 is 10.9 Å². The molecule has 2 aromatic rings. The Balaban J connectivity index is 0.00000128. The van der Waals surface area contributed by atoms with E-state index >= 15 is 0 Å². The Morgan fingerprint density at radius 2 is 1.88 bits per heavy atom. The summed E-state index contributed by atoms with van der Waals surface area (Å²) in [5, 5.41) is 10.1. The molecule has 0 atom stereocenters. The number of rotatable bonds is 3. The first kappa shape index (κ1) is 13.4. The number of pyridine rings is 1. The minimum atomic E-state index is 0. The van der Waals surface area contributed by atoms with Crippen LogP contribution in [0.1, 0.15) is 12.1 Å². The number of aromatic nitrogens is 1. The van der Waals surface area contributed by atoms with E-state index in [1.807, 2.05) is 6.07 Å². The third kappa shape index (κ3) is 2.71. The summed E-state index contributed by atoms with van der Waals surface area (Å²) in [6, 6.07) is 12.6. The summed E-state index contributed by atoms with van der Waals surface area (Å²) in [5.41, 5.74) is 2.48. The first-order valence-corrected chi connectivity index (χ1v) is 5.32. The summed E-state index contributed by atoms with van der Waals surface area (Å²) < 4.78 is 2.26. The number of benzene rings is 1. The lowest BCUT2D eigenvalue weighted by Gasteiger charge is -2.03. The molecule has 86 valence electrons. The molecule has 0 radical (unpaired) electrons. The molecule has 0 unspecified atom stereocenters. The Morgan fingerprint density at radius 3 is 2.62 bits per heavy atom. The van der Waals surface area contributed by atoms with Gasteiger partial charge in [0.25, 0.3) is 0 Å². The van der Waals surface area contributed by atoms with E-state index in [1.165, 1.54) is 16.6 Å². The van der Waals surface area contributed by atoms with E-state index in [-0.39, 0.29) is 30.6 Å². The lowest BCUT2D eigenvalue weighted by atomic mass is 10.2. The molecule has 0 amide bonds. The van der Waals surface area contributed by atoms with Crippen molar-refractivity contribution in [2.45, 2.75) is 19.9 Å². The average molecular weight is 329 g/mol. The fourth-order valence-electron chi connectivity index (χ4n) is 1.89. The molecule has 3 heteroatoms. The molecule has 1 aromatic heterocycles. The van der Waals surface area contributed by atoms with E-state index in [1.54, 1.807) is 0 Å². The summed E-state index contributed by atoms with van der Waals surface area (Å²) in [6.07, 6.45) is 0.805. The molecule has 0 aliphatic rings. The van der Waals surface area contributed by atoms with Crippen molar-refractivity contribution in [3.05, 3.63) is 42.1 Å². The van der Waals surface area contributed by atoms with E-state index in [9.17, 15) is 0 Å². The lowest BCUT2D eigenvalue weighted by molar-refractivity contribution is -0.678. The molecule has 1 heterocycles. The highest BCUT2D eigenvalue weighted by atomic mass is 127. The maximum atomic E-state index is 8.88. The topological polar surface area (TPSA) is 24.1 Å². The van der Waals surface area contributed by atoms with Gasteiger partial charge in [-0.05, 0) is 12.1 Å². The quantitative estimate of drug-likeness (QED) is 0.557. The van der Waals surface area contributed by atoms with E-state index in [4.69, 9.17) is 5.11 Å². The van der Waals surface area contributed by atoms with Crippen molar-refractivity contribution < 1.29 is 33.7 Å². The number of para-hydroxylation sites is 1. The van der Waals surface area contributed by atoms with Gasteiger partial charge < -0.3 is 29.1 Å². The number of hydrogen-bond donors (Lipinski definition) is 1. The standard InChI is InChI=1S/C13H16NO.HI/c1-11-7-8-12-5-2-3-6-13(12)14(11)9-4-10-15;/h2-3,5-8,15H,4,9-10H2,1H3;1H/q+1;/p-1. The van der Waals surface area contributed by atoms with Gasteiger partial charge in [-0.15, -0.1) is 0 Å². The second-order valence-electron chi connectivity index (χ2n) is 3.76. The predicted octanol–water partition coefficient (Wildman–Crippen LogP) is -1.18. The zero-order valence-electron chi connectivity index (χ0n) is 9.36. The van der Waals surface area contributed by atoms with Crippen molar-refractivity contribution in [2.24, 2.45) is 0 Å². The summed E-state index contributed by atoms with van der Waals surface area (Å²) in [5.74, 6) is 0. The van der Waals surface area contributed by atoms with Gasteiger partial charge in [0.05, 0.1) is 0 Å². The molecule has 0 spiro atoms. The van der Waals surface area contributed by atoms with Crippen LogP contribution in [0.2, 0.25) is 0 Å². The maximum Gasteiger partial charge on any atom is 0.212 e. The second-order valence-corrected chi connectivity index (χ2v) is 3.76. The van der Waals surface area contributed by atoms with Crippen molar-refractivity contribution in [2.75, 3.05) is 6.61 Å². The van der Waals surface area contributed by atoms with Crippen molar-refractivity contribution in [3.63, 3.8) is 0 Å². The first-order chi connectivity index (χ1) is 7.33. The predicted molar refractivity (Wildman–Crippen MR) is 60.6 cm³/mol. The van der Waals surface area contributed by atoms with Gasteiger partial charge in [-0.3, -0.25) is 0 Å². The molecule has 0 aliphatic heterocycles. The Bertz CT molecular complexity index is 470. The fraction of sp³-hybridized carbons (Fsp3) is 0.308. The van der Waals surface area contributed by atoms with Crippen LogP contribution in [0, 0.1) is 6.92 Å². The molecular weight excluding hydrogens is 313 g/mol. The number of hydrogen-bond acceptors (Lipinski definition) is 1. The van der Waals surface area contributed by atoms with Crippen LogP contribution in [0.15, 0.2) is 36.4 Å². The maximum absolute atomic E-state index is 8.88. The molecule has 0 saturated carbocycles. The number of fused-ring (bicyclic) bond motifs is 1. The average Bonchev–Trinajstić information content (AvgIpc) is 2.28. The number of halogens is 1. The normalized spacial score (nSPS) is 10.1. The molecule has 1 aromatic carbocycles. The van der Waals surface area contributed by atoms with Crippen LogP contribution in [0.4, 0.5) is 0 Å². The monoisotopic (exact) mass is 329 g/mol. The Labute approximate surface area is 113 Å². The minimum Gasteiger partial charge on any atom is -1.00 e. The van der Waals surface area contributed by atoms with Crippen LogP contribution >= 0.6 is 0 Å². The first-order valence-electron chi connectivity index (χ1n) is 5.32. The molecule has 16 heavy (non-hydrogen) atoms. The SMILES string of the molecule is Cc1ccc2ccccc2[n+]1CCCO.[I-]. The highest BCUT2D eigenvalue weighted by Crippen LogP contribution is 2.10. The summed E-state index contributed by atoms with van der Waals surface area (Å²) in [6.45, 7) is 3.23. The summed E-state index contributed by atoms with van der Waals surface area (Å²) >= 11 is 0. The van der Waals surface area contributed by atoms with Gasteiger partial charge in [0, 0.05) is 37.5 Å². The van der Waals surface area contributed by atoms with Crippen LogP contribution < -0.4 is 28.5 Å². The zero-order valence-corrected chi connectivity index (χ0v) is 11.5. The van der Waals surface area contributed by atoms with Crippen molar-refractivity contribution in [1.82, 2.24) is 0 Å². The van der Waals surface area contributed by atoms with Crippen molar-refractivity contribution in [1.29, 1.82) is 0 Å². The van der Waals surface area contributed by atoms with E-state index in [0.29, 0.717) is 0 Å². The molecular formula is C13H16INO. The number of nitrogens with zero attached hydrogens (tertiary/aromatic N) is 1. The third-order valence-electron chi connectivity index (χ3n) is 2.70. The van der Waals surface area contributed by atoms with Gasteiger partial charge in [-0.2, -0.15) is 4.57 Å². The third-order valence-corrected chi connectivity index (χ3v) is 2.70. The smallest absolute Gasteiger partial charge is 0.212 e. The van der Waals surface area contributed by atoms with E-state index < -0.39 is 0 Å². The molecule has 0 bridgehead atoms. The Morgan fingerprint density at radius 1 is 1.12 bits per heavy atom. The van der Waals surface area contributed by atoms with Gasteiger partial charge in [0.1, 0.15) is 0 Å². The van der Waals surface area contributed by atoms with Gasteiger partial charge in [0.2, 0.25) is 5.52 Å². The largest absolute Gasteiger partial charge is 1.00 e. The zero-order chi connectivity index (χ0) is 10.7. The summed E-state index contributed by atoms with van der Waals surface area (Å²) in [4.78, 5) is 0. The Hall–Kier alpha value is -0.680. The lowest BCUT2D eigenvalue weighted by Crippen LogP contribution is -3.00. The number of aliphatic hydroxyl groups excluding tert-OH is 1. The second kappa shape index (κ2) is 6.15. The van der Waals surface area contributed by atoms with Crippen LogP contribution in [0.25, 0.3) is 10.9 Å². The number of aliphatic hydroxyl groups is 1. The molecule has 0 aliphatic carbocycles. The summed E-state index contributed by atoms with van der Waals surface area (Å²) in [7, 11) is 0. The Kier molecular flexibility index (Phi) is 5.15. The van der Waals surface area contributed by atoms with Crippen LogP contribution in [-0.4, -0.2) is 11.7 Å². The van der Waals surface area contributed by atoms with Crippen LogP contribution in [0.3, 0.4) is 0 Å². The number of aryl methyl sites for hydroxylation is 2. The molecule has 0 fully saturated rings. The van der Waals surface area contributed by atoms with Crippen LogP contribution in [0.5, 0.6) is 0 Å². The fourth-order valence-corrected chi connectivity index (χ4v) is 1.89. The molecule has 2 nitrogen and oxygen atoms in total. The van der Waals surface area contributed by atoms with Gasteiger partial charge in [0.15, 0.2) is 12.2 Å². The van der Waals surface area contributed by atoms with Gasteiger partial charge in [-0.25, -0.2) is 0 Å². The molecule has 0 saturated heterocycles. The van der Waals surface area contributed by atoms with E-state index in [0.717, 1.165) is 13.0 Å². The van der Waals surface area contributed by atoms with Crippen LogP contribution in [-0.2, 0) is 6.54 Å². The van der Waals surface area contributed by atoms with Gasteiger partial charge >= 0.3 is 0 Å². The highest BCUT2D eigenvalue weighted by Gasteiger charge is 2.10. The van der Waals surface area contributed by atoms with E-state index in [2.05, 4.69) is 41.8 Å². The minimum absolute atomic E-state index is 0. The van der Waals surface area contributed by atoms with Crippen molar-refractivity contribution in [3.8, 4) is 0 Å². The molecule has 1 N–H and O–H groups in total. The molecule has 2 rings (SSSR count). The van der Waals surface area contributed by atoms with Gasteiger partial charge in [-0.1, -0.05) is 12.1 Å².